The molecule has 4 heteroatoms. The predicted molar refractivity (Wildman–Crippen MR) is 57.4 cm³/mol. The van der Waals surface area contributed by atoms with Gasteiger partial charge in [-0.1, -0.05) is 12.1 Å². The molecule has 1 aliphatic rings. The van der Waals surface area contributed by atoms with Gasteiger partial charge in [-0.2, -0.15) is 0 Å². The van der Waals surface area contributed by atoms with Crippen molar-refractivity contribution in [1.29, 1.82) is 0 Å². The van der Waals surface area contributed by atoms with Crippen molar-refractivity contribution in [3.05, 3.63) is 0 Å². The lowest BCUT2D eigenvalue weighted by Gasteiger charge is -2.31. The Bertz CT molecular complexity index is 221. The van der Waals surface area contributed by atoms with E-state index in [-0.39, 0.29) is 17.4 Å². The molecule has 1 aliphatic carbocycles. The van der Waals surface area contributed by atoms with Crippen LogP contribution in [0.25, 0.3) is 0 Å². The van der Waals surface area contributed by atoms with Crippen molar-refractivity contribution in [2.75, 3.05) is 0 Å². The van der Waals surface area contributed by atoms with Crippen LogP contribution >= 0.6 is 0 Å². The predicted octanol–water partition coefficient (Wildman–Crippen LogP) is 1.29. The van der Waals surface area contributed by atoms with E-state index in [1.807, 2.05) is 6.92 Å². The third kappa shape index (κ3) is 2.61. The second-order valence-corrected chi connectivity index (χ2v) is 4.63. The van der Waals surface area contributed by atoms with Gasteiger partial charge in [-0.15, -0.1) is 0 Å². The highest BCUT2D eigenvalue weighted by atomic mass is 16.4. The van der Waals surface area contributed by atoms with Crippen molar-refractivity contribution in [2.45, 2.75) is 51.6 Å². The summed E-state index contributed by atoms with van der Waals surface area (Å²) in [5, 5.41) is 15.1. The summed E-state index contributed by atoms with van der Waals surface area (Å²) in [5.74, 6) is 1.02. The first-order valence-corrected chi connectivity index (χ1v) is 5.26. The highest BCUT2D eigenvalue weighted by molar-refractivity contribution is 5.85. The summed E-state index contributed by atoms with van der Waals surface area (Å²) in [7, 11) is 0. The number of oxime groups is 1. The van der Waals surface area contributed by atoms with Gasteiger partial charge in [0, 0.05) is 5.54 Å². The molecule has 1 atom stereocenters. The zero-order valence-electron chi connectivity index (χ0n) is 9.25. The van der Waals surface area contributed by atoms with Gasteiger partial charge >= 0.3 is 0 Å². The summed E-state index contributed by atoms with van der Waals surface area (Å²) < 4.78 is 0. The largest absolute Gasteiger partial charge is 0.409 e. The first-order valence-electron chi connectivity index (χ1n) is 5.26. The summed E-state index contributed by atoms with van der Waals surface area (Å²) in [5.41, 5.74) is 5.69. The van der Waals surface area contributed by atoms with Crippen LogP contribution in [0.4, 0.5) is 0 Å². The van der Waals surface area contributed by atoms with Crippen LogP contribution in [0.15, 0.2) is 5.16 Å². The first-order chi connectivity index (χ1) is 6.51. The molecule has 4 N–H and O–H groups in total. The van der Waals surface area contributed by atoms with E-state index in [4.69, 9.17) is 10.9 Å². The molecule has 0 heterocycles. The molecular weight excluding hydrogens is 178 g/mol. The highest BCUT2D eigenvalue weighted by Crippen LogP contribution is 2.39. The van der Waals surface area contributed by atoms with Gasteiger partial charge in [0.05, 0.1) is 6.04 Å². The topological polar surface area (TPSA) is 70.6 Å². The van der Waals surface area contributed by atoms with Crippen LogP contribution in [0.5, 0.6) is 0 Å². The summed E-state index contributed by atoms with van der Waals surface area (Å²) in [6.07, 6.45) is 3.41. The first kappa shape index (κ1) is 11.3. The molecule has 4 nitrogen and oxygen atoms in total. The highest BCUT2D eigenvalue weighted by Gasteiger charge is 2.39. The maximum atomic E-state index is 8.61. The Morgan fingerprint density at radius 3 is 2.57 bits per heavy atom. The molecule has 0 saturated heterocycles. The number of nitrogens with one attached hydrogen (secondary N) is 1. The van der Waals surface area contributed by atoms with Crippen molar-refractivity contribution in [1.82, 2.24) is 5.32 Å². The lowest BCUT2D eigenvalue weighted by Crippen LogP contribution is -2.52. The van der Waals surface area contributed by atoms with E-state index in [2.05, 4.69) is 24.3 Å². The van der Waals surface area contributed by atoms with Gasteiger partial charge in [-0.25, -0.2) is 0 Å². The van der Waals surface area contributed by atoms with Crippen molar-refractivity contribution < 1.29 is 5.21 Å². The van der Waals surface area contributed by atoms with E-state index in [1.54, 1.807) is 0 Å². The van der Waals surface area contributed by atoms with Crippen molar-refractivity contribution in [3.8, 4) is 0 Å². The van der Waals surface area contributed by atoms with E-state index in [1.165, 1.54) is 12.8 Å². The van der Waals surface area contributed by atoms with Crippen LogP contribution in [0.1, 0.15) is 40.0 Å². The summed E-state index contributed by atoms with van der Waals surface area (Å²) in [6.45, 7) is 6.38. The lowest BCUT2D eigenvalue weighted by molar-refractivity contribution is 0.297. The molecule has 0 bridgehead atoms. The summed E-state index contributed by atoms with van der Waals surface area (Å²) in [6, 6.07) is -0.0180. The molecule has 0 aromatic rings. The maximum Gasteiger partial charge on any atom is 0.156 e. The minimum absolute atomic E-state index is 0.0180. The van der Waals surface area contributed by atoms with Crippen LogP contribution in [-0.4, -0.2) is 22.6 Å². The van der Waals surface area contributed by atoms with Gasteiger partial charge in [-0.05, 0) is 39.0 Å². The smallest absolute Gasteiger partial charge is 0.156 e. The molecule has 1 unspecified atom stereocenters. The van der Waals surface area contributed by atoms with E-state index >= 15 is 0 Å². The molecule has 82 valence electrons. The van der Waals surface area contributed by atoms with Crippen LogP contribution in [0.2, 0.25) is 0 Å². The zero-order valence-corrected chi connectivity index (χ0v) is 9.25. The number of nitrogens with zero attached hydrogens (tertiary/aromatic N) is 1. The standard InChI is InChI=1S/C10H21N3O/c1-4-8(9(11)13-14)12-10(2,3)7-5-6-7/h7-8,12,14H,4-6H2,1-3H3,(H2,11,13). The molecule has 0 amide bonds. The van der Waals surface area contributed by atoms with Crippen molar-refractivity contribution >= 4 is 5.84 Å². The molecule has 14 heavy (non-hydrogen) atoms. The quantitative estimate of drug-likeness (QED) is 0.270. The number of amidine groups is 1. The molecule has 0 aliphatic heterocycles. The molecule has 0 aromatic carbocycles. The number of nitrogens with two attached hydrogens (primary N) is 1. The molecule has 0 spiro atoms. The second kappa shape index (κ2) is 4.17. The fraction of sp³-hybridized carbons (Fsp3) is 0.900. The van der Waals surface area contributed by atoms with Crippen LogP contribution < -0.4 is 11.1 Å². The monoisotopic (exact) mass is 199 g/mol. The Hall–Kier alpha value is -0.770. The van der Waals surface area contributed by atoms with Crippen LogP contribution in [-0.2, 0) is 0 Å². The molecule has 0 radical (unpaired) electrons. The van der Waals surface area contributed by atoms with Gasteiger partial charge in [0.25, 0.3) is 0 Å². The number of hydrogen-bond donors (Lipinski definition) is 3. The van der Waals surface area contributed by atoms with Crippen LogP contribution in [0.3, 0.4) is 0 Å². The SMILES string of the molecule is CCC(NC(C)(C)C1CC1)C(N)=NO. The van der Waals surface area contributed by atoms with E-state index < -0.39 is 0 Å². The Labute approximate surface area is 85.6 Å². The Morgan fingerprint density at radius 1 is 1.64 bits per heavy atom. The molecule has 0 aromatic heterocycles. The maximum absolute atomic E-state index is 8.61. The van der Waals surface area contributed by atoms with Gasteiger partial charge in [0.2, 0.25) is 0 Å². The van der Waals surface area contributed by atoms with Crippen LogP contribution in [0, 0.1) is 5.92 Å². The van der Waals surface area contributed by atoms with E-state index in [9.17, 15) is 0 Å². The normalized spacial score (nSPS) is 20.9. The average Bonchev–Trinajstić information content (AvgIpc) is 2.96. The third-order valence-corrected chi connectivity index (χ3v) is 3.02. The zero-order chi connectivity index (χ0) is 10.8. The summed E-state index contributed by atoms with van der Waals surface area (Å²) >= 11 is 0. The molecule has 1 rings (SSSR count). The fourth-order valence-electron chi connectivity index (χ4n) is 1.83. The lowest BCUT2D eigenvalue weighted by atomic mass is 9.96. The van der Waals surface area contributed by atoms with Gasteiger partial charge in [-0.3, -0.25) is 0 Å². The fourth-order valence-corrected chi connectivity index (χ4v) is 1.83. The second-order valence-electron chi connectivity index (χ2n) is 4.63. The molecular formula is C10H21N3O. The minimum atomic E-state index is -0.0180. The van der Waals surface area contributed by atoms with Gasteiger partial charge in [0.15, 0.2) is 5.84 Å². The minimum Gasteiger partial charge on any atom is -0.409 e. The number of rotatable bonds is 5. The number of hydrogen-bond acceptors (Lipinski definition) is 3. The van der Waals surface area contributed by atoms with Gasteiger partial charge < -0.3 is 16.3 Å². The molecule has 1 fully saturated rings. The molecule has 1 saturated carbocycles. The summed E-state index contributed by atoms with van der Waals surface area (Å²) in [4.78, 5) is 0. The van der Waals surface area contributed by atoms with E-state index in [0.29, 0.717) is 0 Å². The van der Waals surface area contributed by atoms with Crippen molar-refractivity contribution in [2.24, 2.45) is 16.8 Å². The third-order valence-electron chi connectivity index (χ3n) is 3.02. The van der Waals surface area contributed by atoms with Crippen molar-refractivity contribution in [3.63, 3.8) is 0 Å². The Kier molecular flexibility index (Phi) is 3.37. The Morgan fingerprint density at radius 2 is 2.21 bits per heavy atom. The average molecular weight is 199 g/mol. The van der Waals surface area contributed by atoms with Gasteiger partial charge in [0.1, 0.15) is 0 Å². The Balaban J connectivity index is 2.54. The van der Waals surface area contributed by atoms with E-state index in [0.717, 1.165) is 12.3 Å².